The molecular formula is C20H18N2O2. The first-order chi connectivity index (χ1) is 11.6. The van der Waals surface area contributed by atoms with Crippen LogP contribution in [-0.2, 0) is 21.5 Å². The molecule has 4 heteroatoms. The molecule has 4 rings (SSSR count). The molecule has 24 heavy (non-hydrogen) atoms. The Kier molecular flexibility index (Phi) is 3.27. The minimum atomic E-state index is -0.794. The molecule has 0 bridgehead atoms. The van der Waals surface area contributed by atoms with E-state index in [9.17, 15) is 9.59 Å². The third-order valence-corrected chi connectivity index (χ3v) is 4.90. The van der Waals surface area contributed by atoms with Gasteiger partial charge in [-0.15, -0.1) is 0 Å². The summed E-state index contributed by atoms with van der Waals surface area (Å²) in [5.41, 5.74) is 2.09. The SMILES string of the molecule is CC1(c2ccc3[nH]ccc3c2)CC(=O)N(Cc2ccccc2)C1=O. The molecule has 2 heterocycles. The molecule has 4 nitrogen and oxygen atoms in total. The molecule has 2 aromatic carbocycles. The maximum atomic E-state index is 13.0. The molecule has 1 aliphatic heterocycles. The number of amides is 2. The standard InChI is InChI=1S/C20H18N2O2/c1-20(16-7-8-17-15(11-16)9-10-21-17)12-18(23)22(19(20)24)13-14-5-3-2-4-6-14/h2-11,21H,12-13H2,1H3. The Bertz CT molecular complexity index is 929. The summed E-state index contributed by atoms with van der Waals surface area (Å²) in [5.74, 6) is -0.230. The number of benzene rings is 2. The number of hydrogen-bond acceptors (Lipinski definition) is 2. The second kappa shape index (κ2) is 5.34. The number of likely N-dealkylation sites (tertiary alicyclic amines) is 1. The van der Waals surface area contributed by atoms with E-state index in [1.165, 1.54) is 4.90 Å². The van der Waals surface area contributed by atoms with Gasteiger partial charge in [-0.1, -0.05) is 36.4 Å². The Morgan fingerprint density at radius 2 is 1.88 bits per heavy atom. The molecule has 1 atom stereocenters. The first-order valence-electron chi connectivity index (χ1n) is 8.04. The summed E-state index contributed by atoms with van der Waals surface area (Å²) in [7, 11) is 0. The van der Waals surface area contributed by atoms with Gasteiger partial charge in [-0.3, -0.25) is 14.5 Å². The largest absolute Gasteiger partial charge is 0.361 e. The van der Waals surface area contributed by atoms with Gasteiger partial charge in [0.2, 0.25) is 11.8 Å². The van der Waals surface area contributed by atoms with Crippen LogP contribution in [-0.4, -0.2) is 21.7 Å². The van der Waals surface area contributed by atoms with E-state index in [1.807, 2.05) is 67.7 Å². The number of aromatic nitrogens is 1. The van der Waals surface area contributed by atoms with Crippen LogP contribution in [0, 0.1) is 0 Å². The highest BCUT2D eigenvalue weighted by Gasteiger charge is 2.49. The van der Waals surface area contributed by atoms with E-state index in [0.717, 1.165) is 22.0 Å². The number of hydrogen-bond donors (Lipinski definition) is 1. The van der Waals surface area contributed by atoms with Crippen LogP contribution in [0.15, 0.2) is 60.8 Å². The van der Waals surface area contributed by atoms with Crippen molar-refractivity contribution in [3.8, 4) is 0 Å². The van der Waals surface area contributed by atoms with Gasteiger partial charge >= 0.3 is 0 Å². The minimum absolute atomic E-state index is 0.111. The highest BCUT2D eigenvalue weighted by molar-refractivity contribution is 6.09. The fraction of sp³-hybridized carbons (Fsp3) is 0.200. The number of H-pyrrole nitrogens is 1. The molecular weight excluding hydrogens is 300 g/mol. The smallest absolute Gasteiger partial charge is 0.240 e. The van der Waals surface area contributed by atoms with Gasteiger partial charge in [0, 0.05) is 18.1 Å². The number of aromatic amines is 1. The Labute approximate surface area is 140 Å². The van der Waals surface area contributed by atoms with Crippen LogP contribution in [0.1, 0.15) is 24.5 Å². The van der Waals surface area contributed by atoms with Crippen molar-refractivity contribution >= 4 is 22.7 Å². The van der Waals surface area contributed by atoms with Crippen molar-refractivity contribution in [3.63, 3.8) is 0 Å². The molecule has 0 aliphatic carbocycles. The summed E-state index contributed by atoms with van der Waals surface area (Å²) >= 11 is 0. The first-order valence-corrected chi connectivity index (χ1v) is 8.04. The number of fused-ring (bicyclic) bond motifs is 1. The van der Waals surface area contributed by atoms with Crippen LogP contribution in [0.4, 0.5) is 0 Å². The number of imide groups is 1. The number of nitrogens with one attached hydrogen (secondary N) is 1. The summed E-state index contributed by atoms with van der Waals surface area (Å²) in [6, 6.07) is 17.5. The third kappa shape index (κ3) is 2.22. The van der Waals surface area contributed by atoms with Gasteiger partial charge in [-0.25, -0.2) is 0 Å². The fourth-order valence-electron chi connectivity index (χ4n) is 3.43. The van der Waals surface area contributed by atoms with Gasteiger partial charge in [-0.2, -0.15) is 0 Å². The van der Waals surface area contributed by atoms with Crippen molar-refractivity contribution in [2.75, 3.05) is 0 Å². The van der Waals surface area contributed by atoms with E-state index in [4.69, 9.17) is 0 Å². The Balaban J connectivity index is 1.68. The molecule has 1 saturated heterocycles. The summed E-state index contributed by atoms with van der Waals surface area (Å²) in [6.07, 6.45) is 2.09. The van der Waals surface area contributed by atoms with Gasteiger partial charge < -0.3 is 4.98 Å². The van der Waals surface area contributed by atoms with E-state index in [1.54, 1.807) is 0 Å². The molecule has 0 radical (unpaired) electrons. The third-order valence-electron chi connectivity index (χ3n) is 4.90. The molecule has 1 fully saturated rings. The highest BCUT2D eigenvalue weighted by atomic mass is 16.2. The molecule has 1 aliphatic rings. The first kappa shape index (κ1) is 14.7. The normalized spacial score (nSPS) is 21.0. The molecule has 3 aromatic rings. The molecule has 120 valence electrons. The fourth-order valence-corrected chi connectivity index (χ4v) is 3.43. The Morgan fingerprint density at radius 3 is 2.67 bits per heavy atom. The zero-order valence-corrected chi connectivity index (χ0v) is 13.5. The lowest BCUT2D eigenvalue weighted by Crippen LogP contribution is -2.36. The highest BCUT2D eigenvalue weighted by Crippen LogP contribution is 2.38. The van der Waals surface area contributed by atoms with Gasteiger partial charge in [0.15, 0.2) is 0 Å². The second-order valence-electron chi connectivity index (χ2n) is 6.56. The molecule has 0 saturated carbocycles. The molecule has 1 aromatic heterocycles. The van der Waals surface area contributed by atoms with Gasteiger partial charge in [0.1, 0.15) is 0 Å². The zero-order chi connectivity index (χ0) is 16.7. The second-order valence-corrected chi connectivity index (χ2v) is 6.56. The summed E-state index contributed by atoms with van der Waals surface area (Å²) in [6.45, 7) is 2.20. The van der Waals surface area contributed by atoms with Crippen molar-refractivity contribution < 1.29 is 9.59 Å². The van der Waals surface area contributed by atoms with Crippen LogP contribution in [0.25, 0.3) is 10.9 Å². The zero-order valence-electron chi connectivity index (χ0n) is 13.5. The predicted octanol–water partition coefficient (Wildman–Crippen LogP) is 3.38. The lowest BCUT2D eigenvalue weighted by atomic mass is 9.80. The van der Waals surface area contributed by atoms with E-state index >= 15 is 0 Å². The van der Waals surface area contributed by atoms with Crippen molar-refractivity contribution in [2.24, 2.45) is 0 Å². The van der Waals surface area contributed by atoms with Gasteiger partial charge in [0.25, 0.3) is 0 Å². The molecule has 1 N–H and O–H groups in total. The van der Waals surface area contributed by atoms with Crippen molar-refractivity contribution in [3.05, 3.63) is 71.9 Å². The van der Waals surface area contributed by atoms with E-state index in [2.05, 4.69) is 4.98 Å². The van der Waals surface area contributed by atoms with E-state index < -0.39 is 5.41 Å². The lowest BCUT2D eigenvalue weighted by Gasteiger charge is -2.23. The average molecular weight is 318 g/mol. The Hall–Kier alpha value is -2.88. The van der Waals surface area contributed by atoms with Crippen LogP contribution in [0.2, 0.25) is 0 Å². The number of nitrogens with zero attached hydrogens (tertiary/aromatic N) is 1. The minimum Gasteiger partial charge on any atom is -0.361 e. The van der Waals surface area contributed by atoms with Gasteiger partial charge in [-0.05, 0) is 41.6 Å². The molecule has 2 amide bonds. The van der Waals surface area contributed by atoms with Gasteiger partial charge in [0.05, 0.1) is 12.0 Å². The predicted molar refractivity (Wildman–Crippen MR) is 92.3 cm³/mol. The van der Waals surface area contributed by atoms with Crippen LogP contribution in [0.5, 0.6) is 0 Å². The van der Waals surface area contributed by atoms with Crippen LogP contribution >= 0.6 is 0 Å². The van der Waals surface area contributed by atoms with Crippen molar-refractivity contribution in [2.45, 2.75) is 25.3 Å². The van der Waals surface area contributed by atoms with E-state index in [0.29, 0.717) is 6.54 Å². The topological polar surface area (TPSA) is 53.2 Å². The Morgan fingerprint density at radius 1 is 1.08 bits per heavy atom. The quantitative estimate of drug-likeness (QED) is 0.753. The average Bonchev–Trinajstić information content (AvgIpc) is 3.14. The van der Waals surface area contributed by atoms with Crippen molar-refractivity contribution in [1.82, 2.24) is 9.88 Å². The summed E-state index contributed by atoms with van der Waals surface area (Å²) in [4.78, 5) is 30.0. The molecule has 0 spiro atoms. The summed E-state index contributed by atoms with van der Waals surface area (Å²) in [5, 5.41) is 1.05. The number of rotatable bonds is 3. The maximum Gasteiger partial charge on any atom is 0.240 e. The summed E-state index contributed by atoms with van der Waals surface area (Å²) < 4.78 is 0. The van der Waals surface area contributed by atoms with Crippen molar-refractivity contribution in [1.29, 1.82) is 0 Å². The molecule has 1 unspecified atom stereocenters. The lowest BCUT2D eigenvalue weighted by molar-refractivity contribution is -0.140. The maximum absolute atomic E-state index is 13.0. The monoisotopic (exact) mass is 318 g/mol. The van der Waals surface area contributed by atoms with Crippen LogP contribution in [0.3, 0.4) is 0 Å². The van der Waals surface area contributed by atoms with E-state index in [-0.39, 0.29) is 18.2 Å². The number of carbonyl (C=O) groups is 2. The van der Waals surface area contributed by atoms with Crippen LogP contribution < -0.4 is 0 Å². The number of carbonyl (C=O) groups excluding carboxylic acids is 2.